The normalized spacial score (nSPS) is 23.0. The zero-order valence-electron chi connectivity index (χ0n) is 14.2. The van der Waals surface area contributed by atoms with Gasteiger partial charge in [-0.1, -0.05) is 31.1 Å². The molecule has 1 unspecified atom stereocenters. The molecular weight excluding hydrogens is 339 g/mol. The standard InChI is InChI=1S/C19H23FN2O2S/c20-17-7-3-15(4-8-17)16-5-9-18(10-6-16)22-25(23,24)14-19(13-21)11-1-2-12-19/h3-5,7-8,18,22H,1-2,6,9-12,14H2. The molecule has 0 aromatic heterocycles. The van der Waals surface area contributed by atoms with E-state index in [1.807, 2.05) is 6.08 Å². The van der Waals surface area contributed by atoms with Crippen LogP contribution < -0.4 is 4.72 Å². The average Bonchev–Trinajstić information content (AvgIpc) is 3.04. The topological polar surface area (TPSA) is 70.0 Å². The maximum atomic E-state index is 13.0. The second-order valence-corrected chi connectivity index (χ2v) is 8.94. The summed E-state index contributed by atoms with van der Waals surface area (Å²) < 4.78 is 40.8. The second-order valence-electron chi connectivity index (χ2n) is 7.18. The van der Waals surface area contributed by atoms with Crippen LogP contribution in [0.15, 0.2) is 30.3 Å². The van der Waals surface area contributed by atoms with Crippen LogP contribution >= 0.6 is 0 Å². The average molecular weight is 362 g/mol. The summed E-state index contributed by atoms with van der Waals surface area (Å²) in [7, 11) is -3.47. The van der Waals surface area contributed by atoms with Crippen LogP contribution in [0.5, 0.6) is 0 Å². The van der Waals surface area contributed by atoms with Crippen molar-refractivity contribution in [3.05, 3.63) is 41.7 Å². The zero-order chi connectivity index (χ0) is 17.9. The first-order valence-corrected chi connectivity index (χ1v) is 10.4. The first kappa shape index (κ1) is 18.1. The Balaban J connectivity index is 1.61. The minimum absolute atomic E-state index is 0.0957. The van der Waals surface area contributed by atoms with Crippen molar-refractivity contribution >= 4 is 15.6 Å². The quantitative estimate of drug-likeness (QED) is 0.867. The second kappa shape index (κ2) is 7.27. The Morgan fingerprint density at radius 1 is 1.24 bits per heavy atom. The van der Waals surface area contributed by atoms with E-state index in [1.165, 1.54) is 12.1 Å². The van der Waals surface area contributed by atoms with E-state index in [-0.39, 0.29) is 17.6 Å². The molecule has 134 valence electrons. The molecule has 2 aliphatic rings. The molecular formula is C19H23FN2O2S. The molecule has 0 saturated heterocycles. The van der Waals surface area contributed by atoms with Gasteiger partial charge in [0.2, 0.25) is 10.0 Å². The molecule has 2 aliphatic carbocycles. The van der Waals surface area contributed by atoms with Crippen LogP contribution in [0.4, 0.5) is 4.39 Å². The van der Waals surface area contributed by atoms with Crippen molar-refractivity contribution in [3.8, 4) is 6.07 Å². The number of rotatable bonds is 5. The zero-order valence-corrected chi connectivity index (χ0v) is 15.0. The summed E-state index contributed by atoms with van der Waals surface area (Å²) in [6, 6.07) is 8.49. The van der Waals surface area contributed by atoms with E-state index in [4.69, 9.17) is 0 Å². The molecule has 1 fully saturated rings. The van der Waals surface area contributed by atoms with Crippen LogP contribution in [0.3, 0.4) is 0 Å². The van der Waals surface area contributed by atoms with Gasteiger partial charge in [-0.25, -0.2) is 17.5 Å². The maximum absolute atomic E-state index is 13.0. The van der Waals surface area contributed by atoms with Gasteiger partial charge in [-0.05, 0) is 55.4 Å². The van der Waals surface area contributed by atoms with Gasteiger partial charge in [0, 0.05) is 6.04 Å². The molecule has 4 nitrogen and oxygen atoms in total. The summed E-state index contributed by atoms with van der Waals surface area (Å²) in [4.78, 5) is 0. The van der Waals surface area contributed by atoms with Gasteiger partial charge in [-0.2, -0.15) is 5.26 Å². The van der Waals surface area contributed by atoms with Crippen LogP contribution in [0.1, 0.15) is 50.5 Å². The molecule has 0 bridgehead atoms. The maximum Gasteiger partial charge on any atom is 0.213 e. The number of benzene rings is 1. The monoisotopic (exact) mass is 362 g/mol. The molecule has 6 heteroatoms. The third kappa shape index (κ3) is 4.47. The molecule has 0 aliphatic heterocycles. The van der Waals surface area contributed by atoms with Gasteiger partial charge >= 0.3 is 0 Å². The van der Waals surface area contributed by atoms with Crippen LogP contribution in [0.25, 0.3) is 5.57 Å². The molecule has 1 saturated carbocycles. The Morgan fingerprint density at radius 3 is 2.48 bits per heavy atom. The van der Waals surface area contributed by atoms with Crippen molar-refractivity contribution < 1.29 is 12.8 Å². The highest BCUT2D eigenvalue weighted by Crippen LogP contribution is 2.38. The number of nitrogens with zero attached hydrogens (tertiary/aromatic N) is 1. The Hall–Kier alpha value is -1.71. The van der Waals surface area contributed by atoms with Crippen LogP contribution in [0.2, 0.25) is 0 Å². The van der Waals surface area contributed by atoms with E-state index in [1.54, 1.807) is 12.1 Å². The lowest BCUT2D eigenvalue weighted by atomic mass is 9.91. The summed E-state index contributed by atoms with van der Waals surface area (Å²) in [6.07, 6.45) is 7.30. The van der Waals surface area contributed by atoms with Crippen LogP contribution in [-0.4, -0.2) is 20.2 Å². The summed E-state index contributed by atoms with van der Waals surface area (Å²) in [5.41, 5.74) is 1.40. The number of sulfonamides is 1. The number of halogens is 1. The fourth-order valence-corrected chi connectivity index (χ4v) is 5.75. The van der Waals surface area contributed by atoms with E-state index in [2.05, 4.69) is 10.8 Å². The van der Waals surface area contributed by atoms with Gasteiger partial charge in [0.1, 0.15) is 5.82 Å². The Bertz CT molecular complexity index is 788. The molecule has 0 heterocycles. The first-order chi connectivity index (χ1) is 11.9. The highest BCUT2D eigenvalue weighted by atomic mass is 32.2. The lowest BCUT2D eigenvalue weighted by Crippen LogP contribution is -2.41. The Labute approximate surface area is 148 Å². The molecule has 1 aromatic carbocycles. The lowest BCUT2D eigenvalue weighted by Gasteiger charge is -2.26. The molecule has 1 N–H and O–H groups in total. The summed E-state index contributed by atoms with van der Waals surface area (Å²) >= 11 is 0. The van der Waals surface area contributed by atoms with Crippen LogP contribution in [0, 0.1) is 22.6 Å². The van der Waals surface area contributed by atoms with Crippen molar-refractivity contribution in [2.75, 3.05) is 5.75 Å². The van der Waals surface area contributed by atoms with Gasteiger partial charge in [0.05, 0.1) is 17.2 Å². The Kier molecular flexibility index (Phi) is 5.26. The van der Waals surface area contributed by atoms with E-state index < -0.39 is 15.4 Å². The van der Waals surface area contributed by atoms with Gasteiger partial charge in [-0.3, -0.25) is 0 Å². The number of nitrogens with one attached hydrogen (secondary N) is 1. The highest BCUT2D eigenvalue weighted by molar-refractivity contribution is 7.89. The van der Waals surface area contributed by atoms with Crippen molar-refractivity contribution in [1.82, 2.24) is 4.72 Å². The molecule has 0 amide bonds. The Morgan fingerprint density at radius 2 is 1.92 bits per heavy atom. The molecule has 25 heavy (non-hydrogen) atoms. The number of hydrogen-bond acceptors (Lipinski definition) is 3. The van der Waals surface area contributed by atoms with Crippen molar-refractivity contribution in [3.63, 3.8) is 0 Å². The number of nitriles is 1. The highest BCUT2D eigenvalue weighted by Gasteiger charge is 2.39. The smallest absolute Gasteiger partial charge is 0.212 e. The summed E-state index contributed by atoms with van der Waals surface area (Å²) in [6.45, 7) is 0. The summed E-state index contributed by atoms with van der Waals surface area (Å²) in [5.74, 6) is -0.356. The predicted octanol–water partition coefficient (Wildman–Crippen LogP) is 3.76. The van der Waals surface area contributed by atoms with Crippen molar-refractivity contribution in [1.29, 1.82) is 5.26 Å². The van der Waals surface area contributed by atoms with Gasteiger partial charge in [0.25, 0.3) is 0 Å². The minimum atomic E-state index is -3.47. The lowest BCUT2D eigenvalue weighted by molar-refractivity contribution is 0.445. The van der Waals surface area contributed by atoms with E-state index in [0.717, 1.165) is 30.4 Å². The van der Waals surface area contributed by atoms with Gasteiger partial charge < -0.3 is 0 Å². The number of allylic oxidation sites excluding steroid dienone is 1. The fourth-order valence-electron chi connectivity index (χ4n) is 3.87. The summed E-state index contributed by atoms with van der Waals surface area (Å²) in [5, 5.41) is 9.39. The van der Waals surface area contributed by atoms with Crippen molar-refractivity contribution in [2.45, 2.75) is 51.0 Å². The predicted molar refractivity (Wildman–Crippen MR) is 95.5 cm³/mol. The first-order valence-electron chi connectivity index (χ1n) is 8.78. The van der Waals surface area contributed by atoms with E-state index in [0.29, 0.717) is 25.7 Å². The third-order valence-electron chi connectivity index (χ3n) is 5.24. The van der Waals surface area contributed by atoms with Gasteiger partial charge in [-0.15, -0.1) is 0 Å². The molecule has 0 spiro atoms. The number of hydrogen-bond donors (Lipinski definition) is 1. The molecule has 0 radical (unpaired) electrons. The largest absolute Gasteiger partial charge is 0.213 e. The van der Waals surface area contributed by atoms with Crippen LogP contribution in [-0.2, 0) is 10.0 Å². The van der Waals surface area contributed by atoms with E-state index in [9.17, 15) is 18.1 Å². The SMILES string of the molecule is N#CC1(CS(=O)(=O)NC2CC=C(c3ccc(F)cc3)CC2)CCCC1. The minimum Gasteiger partial charge on any atom is -0.212 e. The third-order valence-corrected chi connectivity index (χ3v) is 6.86. The molecule has 3 rings (SSSR count). The van der Waals surface area contributed by atoms with E-state index >= 15 is 0 Å². The van der Waals surface area contributed by atoms with Gasteiger partial charge in [0.15, 0.2) is 0 Å². The fraction of sp³-hybridized carbons (Fsp3) is 0.526. The molecule has 1 atom stereocenters. The molecule has 1 aromatic rings. The van der Waals surface area contributed by atoms with Crippen molar-refractivity contribution in [2.24, 2.45) is 5.41 Å².